The Kier molecular flexibility index (Phi) is 4.33. The van der Waals surface area contributed by atoms with Crippen LogP contribution >= 0.6 is 27.5 Å². The predicted molar refractivity (Wildman–Crippen MR) is 60.8 cm³/mol. The fraction of sp³-hybridized carbons (Fsp3) is 0.222. The van der Waals surface area contributed by atoms with E-state index in [1.54, 1.807) is 0 Å². The third-order valence-electron chi connectivity index (χ3n) is 2.01. The topological polar surface area (TPSA) is 60.2 Å². The number of ketones is 1. The Labute approximate surface area is 112 Å². The first kappa shape index (κ1) is 14.9. The van der Waals surface area contributed by atoms with Crippen LogP contribution in [0.25, 0.3) is 0 Å². The van der Waals surface area contributed by atoms with E-state index in [9.17, 15) is 28.1 Å². The van der Waals surface area contributed by atoms with Crippen LogP contribution < -0.4 is 0 Å². The molecule has 4 nitrogen and oxygen atoms in total. The minimum Gasteiger partial charge on any atom is -0.293 e. The molecule has 0 N–H and O–H groups in total. The van der Waals surface area contributed by atoms with E-state index < -0.39 is 44.0 Å². The fourth-order valence-electron chi connectivity index (χ4n) is 1.34. The van der Waals surface area contributed by atoms with Gasteiger partial charge in [-0.25, -0.2) is 0 Å². The van der Waals surface area contributed by atoms with Crippen LogP contribution in [0, 0.1) is 10.1 Å². The lowest BCUT2D eigenvalue weighted by atomic mass is 10.0. The predicted octanol–water partition coefficient (Wildman–Crippen LogP) is 3.80. The van der Waals surface area contributed by atoms with Gasteiger partial charge < -0.3 is 0 Å². The van der Waals surface area contributed by atoms with Gasteiger partial charge >= 0.3 is 6.18 Å². The number of Topliss-reactive ketones (excluding diaryl/α,β-unsaturated/α-hetero) is 1. The lowest BCUT2D eigenvalue weighted by Gasteiger charge is -2.13. The van der Waals surface area contributed by atoms with Crippen LogP contribution in [0.4, 0.5) is 18.9 Å². The number of halogens is 5. The van der Waals surface area contributed by atoms with Crippen LogP contribution in [0.2, 0.25) is 0 Å². The van der Waals surface area contributed by atoms with Crippen LogP contribution in [0.1, 0.15) is 15.9 Å². The zero-order valence-corrected chi connectivity index (χ0v) is 10.8. The lowest BCUT2D eigenvalue weighted by Crippen LogP contribution is -2.17. The number of benzene rings is 1. The first-order valence-electron chi connectivity index (χ1n) is 4.33. The van der Waals surface area contributed by atoms with Gasteiger partial charge in [-0.05, 0) is 6.07 Å². The van der Waals surface area contributed by atoms with Crippen molar-refractivity contribution in [3.8, 4) is 0 Å². The Balaban J connectivity index is 3.72. The third kappa shape index (κ3) is 2.81. The summed E-state index contributed by atoms with van der Waals surface area (Å²) in [6.07, 6.45) is -4.90. The normalized spacial score (nSPS) is 11.4. The number of rotatable bonds is 3. The number of carbonyl (C=O) groups is 1. The SMILES string of the molecule is O=C(CCl)c1c([N+](=O)[O-])ccc(Br)c1C(F)(F)F. The summed E-state index contributed by atoms with van der Waals surface area (Å²) in [6.45, 7) is 0. The highest BCUT2D eigenvalue weighted by Gasteiger charge is 2.41. The van der Waals surface area contributed by atoms with Crippen molar-refractivity contribution in [2.75, 3.05) is 5.88 Å². The second kappa shape index (κ2) is 5.23. The molecule has 98 valence electrons. The molecule has 0 fully saturated rings. The Morgan fingerprint density at radius 2 is 2.00 bits per heavy atom. The summed E-state index contributed by atoms with van der Waals surface area (Å²) in [5.41, 5.74) is -3.34. The molecule has 1 aromatic rings. The van der Waals surface area contributed by atoms with Gasteiger partial charge in [0.25, 0.3) is 5.69 Å². The number of alkyl halides is 4. The minimum atomic E-state index is -4.90. The Hall–Kier alpha value is -1.15. The maximum absolute atomic E-state index is 12.8. The van der Waals surface area contributed by atoms with Crippen LogP contribution in [0.5, 0.6) is 0 Å². The highest BCUT2D eigenvalue weighted by Crippen LogP contribution is 2.41. The van der Waals surface area contributed by atoms with Crippen LogP contribution in [0.15, 0.2) is 16.6 Å². The van der Waals surface area contributed by atoms with Crippen LogP contribution in [-0.2, 0) is 6.18 Å². The second-order valence-electron chi connectivity index (χ2n) is 3.13. The molecule has 0 amide bonds. The summed E-state index contributed by atoms with van der Waals surface area (Å²) in [6, 6.07) is 1.69. The number of nitro benzene ring substituents is 1. The van der Waals surface area contributed by atoms with Gasteiger partial charge in [0, 0.05) is 10.5 Å². The molecule has 0 aromatic heterocycles. The molecular weight excluding hydrogens is 342 g/mol. The Morgan fingerprint density at radius 1 is 1.44 bits per heavy atom. The second-order valence-corrected chi connectivity index (χ2v) is 4.25. The number of carbonyl (C=O) groups excluding carboxylic acids is 1. The van der Waals surface area contributed by atoms with E-state index in [0.717, 1.165) is 12.1 Å². The first-order valence-corrected chi connectivity index (χ1v) is 5.66. The lowest BCUT2D eigenvalue weighted by molar-refractivity contribution is -0.385. The van der Waals surface area contributed by atoms with Gasteiger partial charge in [-0.1, -0.05) is 15.9 Å². The number of nitrogens with zero attached hydrogens (tertiary/aromatic N) is 1. The van der Waals surface area contributed by atoms with Gasteiger partial charge in [0.2, 0.25) is 0 Å². The molecule has 9 heteroatoms. The maximum atomic E-state index is 12.8. The molecule has 0 atom stereocenters. The molecule has 0 saturated heterocycles. The van der Waals surface area contributed by atoms with Crippen molar-refractivity contribution in [3.63, 3.8) is 0 Å². The van der Waals surface area contributed by atoms with Crippen molar-refractivity contribution in [2.45, 2.75) is 6.18 Å². The summed E-state index contributed by atoms with van der Waals surface area (Å²) in [5.74, 6) is -1.93. The summed E-state index contributed by atoms with van der Waals surface area (Å²) in [7, 11) is 0. The van der Waals surface area contributed by atoms with E-state index in [2.05, 4.69) is 15.9 Å². The van der Waals surface area contributed by atoms with Gasteiger partial charge in [0.05, 0.1) is 16.4 Å². The van der Waals surface area contributed by atoms with Crippen molar-refractivity contribution in [3.05, 3.63) is 37.8 Å². The van der Waals surface area contributed by atoms with Gasteiger partial charge in [-0.15, -0.1) is 11.6 Å². The highest BCUT2D eigenvalue weighted by atomic mass is 79.9. The van der Waals surface area contributed by atoms with Crippen molar-refractivity contribution in [1.82, 2.24) is 0 Å². The molecule has 18 heavy (non-hydrogen) atoms. The molecule has 1 rings (SSSR count). The average molecular weight is 346 g/mol. The molecule has 0 heterocycles. The molecule has 0 saturated carbocycles. The number of hydrogen-bond donors (Lipinski definition) is 0. The van der Waals surface area contributed by atoms with E-state index in [0.29, 0.717) is 0 Å². The zero-order valence-electron chi connectivity index (χ0n) is 8.42. The van der Waals surface area contributed by atoms with E-state index in [-0.39, 0.29) is 0 Å². The van der Waals surface area contributed by atoms with Crippen molar-refractivity contribution < 1.29 is 22.9 Å². The quantitative estimate of drug-likeness (QED) is 0.362. The molecule has 0 radical (unpaired) electrons. The molecule has 0 spiro atoms. The van der Waals surface area contributed by atoms with E-state index >= 15 is 0 Å². The van der Waals surface area contributed by atoms with Gasteiger partial charge in [0.1, 0.15) is 5.56 Å². The molecule has 0 aliphatic carbocycles. The maximum Gasteiger partial charge on any atom is 0.418 e. The molecule has 1 aromatic carbocycles. The average Bonchev–Trinajstić information content (AvgIpc) is 2.25. The summed E-state index contributed by atoms with van der Waals surface area (Å²) in [5, 5.41) is 10.7. The fourth-order valence-corrected chi connectivity index (χ4v) is 2.03. The van der Waals surface area contributed by atoms with Gasteiger partial charge in [0.15, 0.2) is 5.78 Å². The van der Waals surface area contributed by atoms with E-state index in [1.807, 2.05) is 0 Å². The summed E-state index contributed by atoms with van der Waals surface area (Å²) in [4.78, 5) is 21.0. The van der Waals surface area contributed by atoms with E-state index in [4.69, 9.17) is 11.6 Å². The first-order chi connectivity index (χ1) is 8.20. The van der Waals surface area contributed by atoms with Crippen LogP contribution in [-0.4, -0.2) is 16.6 Å². The van der Waals surface area contributed by atoms with Crippen molar-refractivity contribution in [2.24, 2.45) is 0 Å². The minimum absolute atomic E-state index is 0.450. The Morgan fingerprint density at radius 3 is 2.39 bits per heavy atom. The van der Waals surface area contributed by atoms with Gasteiger partial charge in [-0.3, -0.25) is 14.9 Å². The van der Waals surface area contributed by atoms with E-state index in [1.165, 1.54) is 0 Å². The van der Waals surface area contributed by atoms with Crippen LogP contribution in [0.3, 0.4) is 0 Å². The van der Waals surface area contributed by atoms with Gasteiger partial charge in [-0.2, -0.15) is 13.2 Å². The smallest absolute Gasteiger partial charge is 0.293 e. The highest BCUT2D eigenvalue weighted by molar-refractivity contribution is 9.10. The number of nitro groups is 1. The molecule has 0 aliphatic heterocycles. The Bertz CT molecular complexity index is 519. The summed E-state index contributed by atoms with van der Waals surface area (Å²) < 4.78 is 38.0. The number of hydrogen-bond acceptors (Lipinski definition) is 3. The van der Waals surface area contributed by atoms with Crippen molar-refractivity contribution in [1.29, 1.82) is 0 Å². The molecule has 0 bridgehead atoms. The largest absolute Gasteiger partial charge is 0.418 e. The molecule has 0 aliphatic rings. The molecular formula is C9H4BrClF3NO3. The standard InChI is InChI=1S/C9H4BrClF3NO3/c10-4-1-2-5(15(17)18)7(6(16)3-11)8(4)9(12,13)14/h1-2H,3H2. The monoisotopic (exact) mass is 345 g/mol. The third-order valence-corrected chi connectivity index (χ3v) is 2.92. The summed E-state index contributed by atoms with van der Waals surface area (Å²) >= 11 is 7.81. The zero-order chi connectivity index (χ0) is 14.1. The van der Waals surface area contributed by atoms with Crippen molar-refractivity contribution >= 4 is 39.0 Å². The molecule has 0 unspecified atom stereocenters.